The van der Waals surface area contributed by atoms with E-state index in [2.05, 4.69) is 34.9 Å². The van der Waals surface area contributed by atoms with Crippen LogP contribution >= 0.6 is 23.8 Å². The minimum Gasteiger partial charge on any atom is -0.492 e. The van der Waals surface area contributed by atoms with Gasteiger partial charge in [-0.25, -0.2) is 0 Å². The van der Waals surface area contributed by atoms with Crippen molar-refractivity contribution < 1.29 is 9.53 Å². The van der Waals surface area contributed by atoms with Gasteiger partial charge >= 0.3 is 0 Å². The van der Waals surface area contributed by atoms with Gasteiger partial charge in [0.05, 0.1) is 11.6 Å². The SMILES string of the molecule is CCOc1ccc(C(=O)NC(=S)Nc2ccc3c4c(cccc24)CC3)cc1Cl. The van der Waals surface area contributed by atoms with Gasteiger partial charge in [-0.15, -0.1) is 0 Å². The molecule has 0 saturated heterocycles. The van der Waals surface area contributed by atoms with Crippen LogP contribution in [0.1, 0.15) is 28.4 Å². The van der Waals surface area contributed by atoms with Crippen LogP contribution in [0, 0.1) is 0 Å². The maximum absolute atomic E-state index is 12.5. The van der Waals surface area contributed by atoms with Crippen molar-refractivity contribution in [2.45, 2.75) is 19.8 Å². The van der Waals surface area contributed by atoms with Crippen molar-refractivity contribution in [1.29, 1.82) is 0 Å². The lowest BCUT2D eigenvalue weighted by Crippen LogP contribution is -2.34. The first-order valence-corrected chi connectivity index (χ1v) is 9.93. The zero-order valence-electron chi connectivity index (χ0n) is 15.3. The van der Waals surface area contributed by atoms with E-state index in [1.807, 2.05) is 13.0 Å². The van der Waals surface area contributed by atoms with Crippen molar-refractivity contribution in [3.63, 3.8) is 0 Å². The van der Waals surface area contributed by atoms with E-state index in [9.17, 15) is 4.79 Å². The van der Waals surface area contributed by atoms with E-state index in [4.69, 9.17) is 28.6 Å². The van der Waals surface area contributed by atoms with Gasteiger partial charge in [0.1, 0.15) is 5.75 Å². The van der Waals surface area contributed by atoms with E-state index in [-0.39, 0.29) is 11.0 Å². The lowest BCUT2D eigenvalue weighted by Gasteiger charge is -2.13. The fraction of sp³-hybridized carbons (Fsp3) is 0.182. The largest absolute Gasteiger partial charge is 0.492 e. The predicted octanol–water partition coefficient (Wildman–Crippen LogP) is 5.12. The quantitative estimate of drug-likeness (QED) is 0.586. The summed E-state index contributed by atoms with van der Waals surface area (Å²) >= 11 is 11.5. The smallest absolute Gasteiger partial charge is 0.257 e. The molecule has 0 bridgehead atoms. The summed E-state index contributed by atoms with van der Waals surface area (Å²) < 4.78 is 5.39. The summed E-state index contributed by atoms with van der Waals surface area (Å²) in [7, 11) is 0. The van der Waals surface area contributed by atoms with Crippen LogP contribution in [0.15, 0.2) is 48.5 Å². The van der Waals surface area contributed by atoms with Gasteiger partial charge in [0.15, 0.2) is 5.11 Å². The average molecular weight is 411 g/mol. The second kappa shape index (κ2) is 7.78. The molecule has 1 aliphatic carbocycles. The van der Waals surface area contributed by atoms with Crippen molar-refractivity contribution >= 4 is 51.3 Å². The molecular formula is C22H19ClN2O2S. The van der Waals surface area contributed by atoms with Crippen molar-refractivity contribution in [1.82, 2.24) is 5.32 Å². The zero-order chi connectivity index (χ0) is 19.7. The van der Waals surface area contributed by atoms with E-state index < -0.39 is 0 Å². The molecule has 0 aromatic heterocycles. The fourth-order valence-electron chi connectivity index (χ4n) is 3.60. The van der Waals surface area contributed by atoms with E-state index in [0.717, 1.165) is 23.9 Å². The number of carbonyl (C=O) groups is 1. The Bertz CT molecular complexity index is 1090. The van der Waals surface area contributed by atoms with E-state index in [1.165, 1.54) is 16.5 Å². The molecule has 1 aliphatic rings. The molecule has 0 heterocycles. The molecule has 4 nitrogen and oxygen atoms in total. The molecule has 28 heavy (non-hydrogen) atoms. The number of amides is 1. The number of ether oxygens (including phenoxy) is 1. The maximum Gasteiger partial charge on any atom is 0.257 e. The van der Waals surface area contributed by atoms with Crippen LogP contribution in [-0.2, 0) is 12.8 Å². The summed E-state index contributed by atoms with van der Waals surface area (Å²) in [5.74, 6) is 0.225. The van der Waals surface area contributed by atoms with Crippen molar-refractivity contribution in [2.75, 3.05) is 11.9 Å². The number of carbonyl (C=O) groups excluding carboxylic acids is 1. The van der Waals surface area contributed by atoms with Gasteiger partial charge < -0.3 is 10.1 Å². The summed E-state index contributed by atoms with van der Waals surface area (Å²) in [6.07, 6.45) is 2.13. The third kappa shape index (κ3) is 3.55. The summed E-state index contributed by atoms with van der Waals surface area (Å²) in [4.78, 5) is 12.5. The lowest BCUT2D eigenvalue weighted by atomic mass is 10.0. The first kappa shape index (κ1) is 18.7. The summed E-state index contributed by atoms with van der Waals surface area (Å²) in [5.41, 5.74) is 4.01. The van der Waals surface area contributed by atoms with Gasteiger partial charge in [-0.1, -0.05) is 35.9 Å². The third-order valence-corrected chi connectivity index (χ3v) is 5.35. The van der Waals surface area contributed by atoms with E-state index in [0.29, 0.717) is 22.9 Å². The molecule has 3 aromatic carbocycles. The van der Waals surface area contributed by atoms with Crippen LogP contribution in [-0.4, -0.2) is 17.6 Å². The van der Waals surface area contributed by atoms with Gasteiger partial charge in [0.25, 0.3) is 5.91 Å². The van der Waals surface area contributed by atoms with E-state index >= 15 is 0 Å². The highest BCUT2D eigenvalue weighted by atomic mass is 35.5. The van der Waals surface area contributed by atoms with Gasteiger partial charge in [-0.3, -0.25) is 10.1 Å². The Kier molecular flexibility index (Phi) is 5.20. The number of rotatable bonds is 4. The van der Waals surface area contributed by atoms with Crippen LogP contribution in [0.25, 0.3) is 10.8 Å². The highest BCUT2D eigenvalue weighted by molar-refractivity contribution is 7.80. The topological polar surface area (TPSA) is 50.4 Å². The number of nitrogens with one attached hydrogen (secondary N) is 2. The molecule has 142 valence electrons. The summed E-state index contributed by atoms with van der Waals surface area (Å²) in [6, 6.07) is 15.3. The molecule has 0 saturated carbocycles. The molecule has 6 heteroatoms. The van der Waals surface area contributed by atoms with Gasteiger partial charge in [-0.05, 0) is 72.8 Å². The van der Waals surface area contributed by atoms with E-state index in [1.54, 1.807) is 18.2 Å². The monoisotopic (exact) mass is 410 g/mol. The molecule has 0 aliphatic heterocycles. The van der Waals surface area contributed by atoms with Crippen LogP contribution in [0.5, 0.6) is 5.75 Å². The Balaban J connectivity index is 1.50. The fourth-order valence-corrected chi connectivity index (χ4v) is 4.04. The van der Waals surface area contributed by atoms with Gasteiger partial charge in [0.2, 0.25) is 0 Å². The van der Waals surface area contributed by atoms with Crippen LogP contribution in [0.3, 0.4) is 0 Å². The Morgan fingerprint density at radius 1 is 1.14 bits per heavy atom. The second-order valence-corrected chi connectivity index (χ2v) is 7.41. The number of hydrogen-bond acceptors (Lipinski definition) is 3. The van der Waals surface area contributed by atoms with Gasteiger partial charge in [0, 0.05) is 16.6 Å². The number of anilines is 1. The minimum atomic E-state index is -0.326. The number of hydrogen-bond donors (Lipinski definition) is 2. The second-order valence-electron chi connectivity index (χ2n) is 6.60. The maximum atomic E-state index is 12.5. The Labute approximate surface area is 173 Å². The summed E-state index contributed by atoms with van der Waals surface area (Å²) in [5, 5.41) is 8.91. The number of benzene rings is 3. The molecule has 0 fully saturated rings. The lowest BCUT2D eigenvalue weighted by molar-refractivity contribution is 0.0977. The Hall–Kier alpha value is -2.63. The molecule has 3 aromatic rings. The van der Waals surface area contributed by atoms with Crippen molar-refractivity contribution in [3.05, 3.63) is 70.2 Å². The Morgan fingerprint density at radius 3 is 2.68 bits per heavy atom. The predicted molar refractivity (Wildman–Crippen MR) is 118 cm³/mol. The Morgan fingerprint density at radius 2 is 1.93 bits per heavy atom. The first-order valence-electron chi connectivity index (χ1n) is 9.15. The highest BCUT2D eigenvalue weighted by Gasteiger charge is 2.17. The highest BCUT2D eigenvalue weighted by Crippen LogP contribution is 2.35. The van der Waals surface area contributed by atoms with Crippen molar-refractivity contribution in [3.8, 4) is 5.75 Å². The molecule has 0 radical (unpaired) electrons. The molecule has 1 amide bonds. The molecule has 2 N–H and O–H groups in total. The van der Waals surface area contributed by atoms with Crippen molar-refractivity contribution in [2.24, 2.45) is 0 Å². The average Bonchev–Trinajstić information content (AvgIpc) is 3.10. The first-order chi connectivity index (χ1) is 13.6. The number of thiocarbonyl (C=S) groups is 1. The molecular weight excluding hydrogens is 392 g/mol. The summed E-state index contributed by atoms with van der Waals surface area (Å²) in [6.45, 7) is 2.38. The minimum absolute atomic E-state index is 0.244. The number of aryl methyl sites for hydroxylation is 2. The zero-order valence-corrected chi connectivity index (χ0v) is 16.9. The van der Waals surface area contributed by atoms with Crippen LogP contribution in [0.2, 0.25) is 5.02 Å². The third-order valence-electron chi connectivity index (χ3n) is 4.85. The van der Waals surface area contributed by atoms with Crippen LogP contribution in [0.4, 0.5) is 5.69 Å². The van der Waals surface area contributed by atoms with Crippen LogP contribution < -0.4 is 15.4 Å². The molecule has 0 atom stereocenters. The molecule has 0 spiro atoms. The van der Waals surface area contributed by atoms with Gasteiger partial charge in [-0.2, -0.15) is 0 Å². The number of halogens is 1. The molecule has 0 unspecified atom stereocenters. The normalized spacial score (nSPS) is 12.1. The standard InChI is InChI=1S/C22H19ClN2O2S/c1-2-27-19-11-9-15(12-17(19)23)21(26)25-22(28)24-18-10-8-14-7-6-13-4-3-5-16(18)20(13)14/h3-5,8-12H,2,6-7H2,1H3,(H2,24,25,26,28). The molecule has 4 rings (SSSR count).